The van der Waals surface area contributed by atoms with Crippen molar-refractivity contribution in [3.05, 3.63) is 56.7 Å². The number of thioether (sulfide) groups is 1. The van der Waals surface area contributed by atoms with Crippen LogP contribution in [0.5, 0.6) is 0 Å². The molecule has 0 atom stereocenters. The lowest BCUT2D eigenvalue weighted by molar-refractivity contribution is -0.384. The molecule has 1 aliphatic rings. The number of nitro benzene ring substituents is 1. The number of imide groups is 1. The van der Waals surface area contributed by atoms with Crippen LogP contribution >= 0.6 is 11.8 Å². The van der Waals surface area contributed by atoms with E-state index in [4.69, 9.17) is 9.15 Å². The number of benzene rings is 1. The lowest BCUT2D eigenvalue weighted by Gasteiger charge is -2.12. The Bertz CT molecular complexity index is 1090. The molecule has 10 heteroatoms. The molecule has 2 aromatic rings. The van der Waals surface area contributed by atoms with Gasteiger partial charge in [0.25, 0.3) is 16.8 Å². The van der Waals surface area contributed by atoms with Crippen molar-refractivity contribution >= 4 is 40.6 Å². The molecule has 0 spiro atoms. The van der Waals surface area contributed by atoms with E-state index in [1.54, 1.807) is 31.2 Å². The SMILES string of the molecule is Cc1ccc(-c2ccc(/C=C3/SC(=O)N(CC(=O)OCC(C)C)C3=O)o2)c([N+](=O)[O-])c1. The summed E-state index contributed by atoms with van der Waals surface area (Å²) < 4.78 is 10.7. The second kappa shape index (κ2) is 9.17. The predicted molar refractivity (Wildman–Crippen MR) is 114 cm³/mol. The summed E-state index contributed by atoms with van der Waals surface area (Å²) in [4.78, 5) is 48.3. The molecule has 3 rings (SSSR count). The average Bonchev–Trinajstić information content (AvgIpc) is 3.26. The fraction of sp³-hybridized carbons (Fsp3) is 0.286. The van der Waals surface area contributed by atoms with Gasteiger partial charge in [0.2, 0.25) is 0 Å². The maximum atomic E-state index is 12.5. The zero-order valence-corrected chi connectivity index (χ0v) is 17.9. The Hall–Kier alpha value is -3.40. The highest BCUT2D eigenvalue weighted by Crippen LogP contribution is 2.35. The molecular weight excluding hydrogens is 424 g/mol. The smallest absolute Gasteiger partial charge is 0.326 e. The van der Waals surface area contributed by atoms with Gasteiger partial charge in [-0.1, -0.05) is 19.9 Å². The first-order valence-electron chi connectivity index (χ1n) is 9.42. The van der Waals surface area contributed by atoms with Crippen molar-refractivity contribution in [2.24, 2.45) is 5.92 Å². The standard InChI is InChI=1S/C21H20N2O7S/c1-12(2)11-29-19(24)10-22-20(25)18(31-21(22)26)9-14-5-7-17(30-14)15-6-4-13(3)8-16(15)23(27)28/h4-9,12H,10-11H2,1-3H3/b18-9+. The summed E-state index contributed by atoms with van der Waals surface area (Å²) in [7, 11) is 0. The molecule has 1 fully saturated rings. The first-order chi connectivity index (χ1) is 14.7. The molecule has 0 radical (unpaired) electrons. The number of hydrogen-bond donors (Lipinski definition) is 0. The lowest BCUT2D eigenvalue weighted by Crippen LogP contribution is -2.34. The summed E-state index contributed by atoms with van der Waals surface area (Å²) >= 11 is 0.681. The molecule has 0 aliphatic carbocycles. The van der Waals surface area contributed by atoms with Crippen LogP contribution in [-0.4, -0.2) is 40.1 Å². The Kier molecular flexibility index (Phi) is 6.59. The van der Waals surface area contributed by atoms with Crippen molar-refractivity contribution in [1.82, 2.24) is 4.90 Å². The number of aryl methyl sites for hydroxylation is 1. The Balaban J connectivity index is 1.78. The van der Waals surface area contributed by atoms with Gasteiger partial charge in [0, 0.05) is 12.1 Å². The van der Waals surface area contributed by atoms with E-state index in [2.05, 4.69) is 0 Å². The minimum absolute atomic E-state index is 0.0842. The summed E-state index contributed by atoms with van der Waals surface area (Å²) in [6, 6.07) is 7.86. The zero-order valence-electron chi connectivity index (χ0n) is 17.1. The third-order valence-corrected chi connectivity index (χ3v) is 5.16. The second-order valence-electron chi connectivity index (χ2n) is 7.32. The number of ether oxygens (including phenoxy) is 1. The number of carbonyl (C=O) groups is 3. The van der Waals surface area contributed by atoms with E-state index in [0.717, 1.165) is 10.5 Å². The summed E-state index contributed by atoms with van der Waals surface area (Å²) in [6.45, 7) is 5.23. The molecule has 0 bridgehead atoms. The van der Waals surface area contributed by atoms with Crippen molar-refractivity contribution in [2.75, 3.05) is 13.2 Å². The summed E-state index contributed by atoms with van der Waals surface area (Å²) in [5.74, 6) is -0.650. The van der Waals surface area contributed by atoms with Gasteiger partial charge in [-0.3, -0.25) is 29.4 Å². The molecule has 2 heterocycles. The van der Waals surface area contributed by atoms with Crippen LogP contribution < -0.4 is 0 Å². The molecule has 1 saturated heterocycles. The highest BCUT2D eigenvalue weighted by molar-refractivity contribution is 8.18. The molecule has 0 N–H and O–H groups in total. The minimum Gasteiger partial charge on any atom is -0.464 e. The average molecular weight is 444 g/mol. The summed E-state index contributed by atoms with van der Waals surface area (Å²) in [5, 5.41) is 10.8. The highest BCUT2D eigenvalue weighted by Gasteiger charge is 2.37. The van der Waals surface area contributed by atoms with Crippen molar-refractivity contribution in [3.8, 4) is 11.3 Å². The molecule has 2 amide bonds. The molecule has 1 aromatic heterocycles. The number of hydrogen-bond acceptors (Lipinski definition) is 8. The molecule has 0 unspecified atom stereocenters. The van der Waals surface area contributed by atoms with Gasteiger partial charge in [0.15, 0.2) is 0 Å². The van der Waals surface area contributed by atoms with Crippen LogP contribution in [0.25, 0.3) is 17.4 Å². The number of furan rings is 1. The molecule has 0 saturated carbocycles. The van der Waals surface area contributed by atoms with Crippen molar-refractivity contribution < 1.29 is 28.5 Å². The van der Waals surface area contributed by atoms with E-state index in [-0.39, 0.29) is 34.6 Å². The van der Waals surface area contributed by atoms with Gasteiger partial charge in [-0.05, 0) is 48.4 Å². The third kappa shape index (κ3) is 5.21. The first-order valence-corrected chi connectivity index (χ1v) is 10.2. The van der Waals surface area contributed by atoms with Gasteiger partial charge >= 0.3 is 5.97 Å². The van der Waals surface area contributed by atoms with Gasteiger partial charge in [0.1, 0.15) is 18.1 Å². The van der Waals surface area contributed by atoms with E-state index in [1.807, 2.05) is 13.8 Å². The van der Waals surface area contributed by atoms with Gasteiger partial charge in [0.05, 0.1) is 22.0 Å². The van der Waals surface area contributed by atoms with Crippen LogP contribution in [0.1, 0.15) is 25.2 Å². The van der Waals surface area contributed by atoms with Crippen LogP contribution in [0.15, 0.2) is 39.7 Å². The quantitative estimate of drug-likeness (QED) is 0.267. The van der Waals surface area contributed by atoms with Gasteiger partial charge in [-0.2, -0.15) is 0 Å². The zero-order chi connectivity index (χ0) is 22.7. The van der Waals surface area contributed by atoms with E-state index in [0.29, 0.717) is 17.3 Å². The van der Waals surface area contributed by atoms with Crippen LogP contribution in [0.2, 0.25) is 0 Å². The second-order valence-corrected chi connectivity index (χ2v) is 8.32. The maximum absolute atomic E-state index is 12.5. The maximum Gasteiger partial charge on any atom is 0.326 e. The minimum atomic E-state index is -0.663. The van der Waals surface area contributed by atoms with Crippen LogP contribution in [0.3, 0.4) is 0 Å². The Morgan fingerprint density at radius 1 is 1.29 bits per heavy atom. The lowest BCUT2D eigenvalue weighted by atomic mass is 10.1. The number of rotatable bonds is 7. The fourth-order valence-electron chi connectivity index (χ4n) is 2.78. The first kappa shape index (κ1) is 22.3. The van der Waals surface area contributed by atoms with Crippen LogP contribution in [-0.2, 0) is 14.3 Å². The number of esters is 1. The van der Waals surface area contributed by atoms with Crippen molar-refractivity contribution in [1.29, 1.82) is 0 Å². The third-order valence-electron chi connectivity index (χ3n) is 4.25. The summed E-state index contributed by atoms with van der Waals surface area (Å²) in [5.41, 5.74) is 0.945. The Morgan fingerprint density at radius 3 is 2.71 bits per heavy atom. The van der Waals surface area contributed by atoms with Crippen LogP contribution in [0, 0.1) is 23.0 Å². The fourth-order valence-corrected chi connectivity index (χ4v) is 3.59. The van der Waals surface area contributed by atoms with Gasteiger partial charge in [-0.25, -0.2) is 0 Å². The molecule has 31 heavy (non-hydrogen) atoms. The Labute approximate surface area is 182 Å². The van der Waals surface area contributed by atoms with Crippen molar-refractivity contribution in [3.63, 3.8) is 0 Å². The predicted octanol–water partition coefficient (Wildman–Crippen LogP) is 4.40. The van der Waals surface area contributed by atoms with Gasteiger partial charge in [-0.15, -0.1) is 0 Å². The largest absolute Gasteiger partial charge is 0.464 e. The molecule has 1 aliphatic heterocycles. The topological polar surface area (TPSA) is 120 Å². The van der Waals surface area contributed by atoms with E-state index in [1.165, 1.54) is 12.1 Å². The number of amides is 2. The molecule has 162 valence electrons. The highest BCUT2D eigenvalue weighted by atomic mass is 32.2. The van der Waals surface area contributed by atoms with E-state index < -0.39 is 28.6 Å². The number of carbonyl (C=O) groups excluding carboxylic acids is 3. The monoisotopic (exact) mass is 444 g/mol. The molecular formula is C21H20N2O7S. The van der Waals surface area contributed by atoms with E-state index in [9.17, 15) is 24.5 Å². The number of nitro groups is 1. The van der Waals surface area contributed by atoms with E-state index >= 15 is 0 Å². The Morgan fingerprint density at radius 2 is 2.03 bits per heavy atom. The normalized spacial score (nSPS) is 15.2. The molecule has 1 aromatic carbocycles. The number of nitrogens with zero attached hydrogens (tertiary/aromatic N) is 2. The molecule has 9 nitrogen and oxygen atoms in total. The van der Waals surface area contributed by atoms with Crippen molar-refractivity contribution in [2.45, 2.75) is 20.8 Å². The summed E-state index contributed by atoms with van der Waals surface area (Å²) in [6.07, 6.45) is 1.37. The van der Waals surface area contributed by atoms with Crippen LogP contribution in [0.4, 0.5) is 10.5 Å². The van der Waals surface area contributed by atoms with Gasteiger partial charge < -0.3 is 9.15 Å².